The number of hydrogen-bond donors (Lipinski definition) is 3. The summed E-state index contributed by atoms with van der Waals surface area (Å²) < 4.78 is 0. The first-order valence-corrected chi connectivity index (χ1v) is 16.2. The summed E-state index contributed by atoms with van der Waals surface area (Å²) in [6, 6.07) is 12.9. The van der Waals surface area contributed by atoms with Crippen molar-refractivity contribution in [1.29, 1.82) is 5.41 Å². The first-order chi connectivity index (χ1) is 20.1. The second kappa shape index (κ2) is 14.8. The van der Waals surface area contributed by atoms with Crippen LogP contribution in [0.4, 0.5) is 11.6 Å². The molecule has 0 unspecified atom stereocenters. The molecule has 1 amide bonds. The van der Waals surface area contributed by atoms with Gasteiger partial charge in [0.25, 0.3) is 5.91 Å². The molecule has 1 aliphatic heterocycles. The third-order valence-corrected chi connectivity index (χ3v) is 9.57. The van der Waals surface area contributed by atoms with E-state index >= 15 is 0 Å². The minimum Gasteiger partial charge on any atom is -0.373 e. The van der Waals surface area contributed by atoms with Crippen molar-refractivity contribution in [2.75, 3.05) is 36.9 Å². The third kappa shape index (κ3) is 7.88. The fraction of sp³-hybridized carbons (Fsp3) is 0.618. The van der Waals surface area contributed by atoms with E-state index in [9.17, 15) is 4.79 Å². The van der Waals surface area contributed by atoms with Crippen molar-refractivity contribution < 1.29 is 4.79 Å². The van der Waals surface area contributed by atoms with Gasteiger partial charge in [-0.05, 0) is 56.1 Å². The lowest BCUT2D eigenvalue weighted by molar-refractivity contribution is 0.0901. The number of anilines is 2. The quantitative estimate of drug-likeness (QED) is 0.225. The normalized spacial score (nSPS) is 19.8. The molecule has 1 saturated heterocycles. The van der Waals surface area contributed by atoms with Crippen LogP contribution in [-0.2, 0) is 6.54 Å². The van der Waals surface area contributed by atoms with Crippen LogP contribution in [-0.4, -0.2) is 60.8 Å². The Morgan fingerprint density at radius 3 is 2.29 bits per heavy atom. The van der Waals surface area contributed by atoms with Gasteiger partial charge in [0.15, 0.2) is 0 Å². The monoisotopic (exact) mass is 558 g/mol. The van der Waals surface area contributed by atoms with Gasteiger partial charge in [0.05, 0.1) is 5.56 Å². The molecule has 2 aromatic rings. The number of piperidine rings is 1. The van der Waals surface area contributed by atoms with Gasteiger partial charge in [-0.25, -0.2) is 4.98 Å². The number of carbonyl (C=O) groups excluding carboxylic acids is 1. The van der Waals surface area contributed by atoms with Crippen molar-refractivity contribution in [2.45, 2.75) is 102 Å². The molecule has 0 radical (unpaired) electrons. The van der Waals surface area contributed by atoms with Crippen LogP contribution >= 0.6 is 0 Å². The average Bonchev–Trinajstić information content (AvgIpc) is 3.31. The number of likely N-dealkylation sites (tertiary alicyclic amines) is 1. The number of aromatic nitrogens is 1. The van der Waals surface area contributed by atoms with Gasteiger partial charge in [0.1, 0.15) is 11.6 Å². The molecular weight excluding hydrogens is 508 g/mol. The highest BCUT2D eigenvalue weighted by Gasteiger charge is 2.30. The summed E-state index contributed by atoms with van der Waals surface area (Å²) in [5.41, 5.74) is 2.45. The molecule has 1 aromatic heterocycles. The Morgan fingerprint density at radius 1 is 0.976 bits per heavy atom. The first kappa shape index (κ1) is 29.6. The van der Waals surface area contributed by atoms with Crippen LogP contribution in [0.25, 0.3) is 0 Å². The fourth-order valence-corrected chi connectivity index (χ4v) is 7.20. The number of benzene rings is 1. The number of rotatable bonds is 10. The van der Waals surface area contributed by atoms with Crippen LogP contribution in [0.3, 0.4) is 0 Å². The van der Waals surface area contributed by atoms with E-state index in [1.807, 2.05) is 13.1 Å². The molecule has 3 N–H and O–H groups in total. The number of amides is 1. The standard InChI is InChI=1S/C34H50N6O/c1-36-32-28(23-35)22-31(34(41)37-29-18-20-39(21-19-29)24-26-12-6-4-7-13-26)33(38-32)40(25-27-14-8-5-9-15-27)30-16-10-2-3-11-17-30/h5,8-9,14-15,22-23,26,29-30,35H,2-4,6-7,10-13,16-21,24-25H2,1H3,(H,36,38)(H,37,41). The highest BCUT2D eigenvalue weighted by Crippen LogP contribution is 2.32. The van der Waals surface area contributed by atoms with Gasteiger partial charge in [0.2, 0.25) is 0 Å². The van der Waals surface area contributed by atoms with Gasteiger partial charge in [-0.2, -0.15) is 0 Å². The molecule has 7 nitrogen and oxygen atoms in total. The topological polar surface area (TPSA) is 84.4 Å². The molecule has 2 saturated carbocycles. The highest BCUT2D eigenvalue weighted by molar-refractivity contribution is 6.02. The summed E-state index contributed by atoms with van der Waals surface area (Å²) in [6.45, 7) is 4.04. The van der Waals surface area contributed by atoms with Gasteiger partial charge in [0, 0.05) is 57.1 Å². The Labute approximate surface area is 247 Å². The zero-order valence-electron chi connectivity index (χ0n) is 25.0. The number of nitrogens with zero attached hydrogens (tertiary/aromatic N) is 3. The van der Waals surface area contributed by atoms with Gasteiger partial charge >= 0.3 is 0 Å². The molecule has 3 aliphatic rings. The Balaban J connectivity index is 1.37. The third-order valence-electron chi connectivity index (χ3n) is 9.57. The molecule has 222 valence electrons. The van der Waals surface area contributed by atoms with Gasteiger partial charge in [-0.3, -0.25) is 4.79 Å². The number of nitrogens with one attached hydrogen (secondary N) is 3. The maximum Gasteiger partial charge on any atom is 0.255 e. The van der Waals surface area contributed by atoms with E-state index in [1.54, 1.807) is 0 Å². The average molecular weight is 559 g/mol. The zero-order valence-corrected chi connectivity index (χ0v) is 25.0. The van der Waals surface area contributed by atoms with E-state index in [0.29, 0.717) is 29.5 Å². The van der Waals surface area contributed by atoms with Crippen LogP contribution in [0.15, 0.2) is 36.4 Å². The van der Waals surface area contributed by atoms with E-state index in [-0.39, 0.29) is 11.9 Å². The molecule has 2 heterocycles. The number of carbonyl (C=O) groups is 1. The second-order valence-corrected chi connectivity index (χ2v) is 12.5. The van der Waals surface area contributed by atoms with Crippen molar-refractivity contribution in [1.82, 2.24) is 15.2 Å². The van der Waals surface area contributed by atoms with E-state index in [0.717, 1.165) is 50.5 Å². The van der Waals surface area contributed by atoms with Crippen molar-refractivity contribution >= 4 is 23.8 Å². The SMILES string of the molecule is CNc1nc(N(Cc2ccccc2)C2CCCCCC2)c(C(=O)NC2CCN(CC3CCCCC3)CC2)cc1C=N. The van der Waals surface area contributed by atoms with Crippen molar-refractivity contribution in [2.24, 2.45) is 5.92 Å². The van der Waals surface area contributed by atoms with Crippen LogP contribution in [0.2, 0.25) is 0 Å². The van der Waals surface area contributed by atoms with Crippen molar-refractivity contribution in [3.63, 3.8) is 0 Å². The minimum absolute atomic E-state index is 0.0596. The van der Waals surface area contributed by atoms with Crippen molar-refractivity contribution in [3.05, 3.63) is 53.1 Å². The molecule has 0 bridgehead atoms. The zero-order chi connectivity index (χ0) is 28.4. The van der Waals surface area contributed by atoms with E-state index < -0.39 is 0 Å². The Hall–Kier alpha value is -2.93. The summed E-state index contributed by atoms with van der Waals surface area (Å²) in [7, 11) is 1.84. The minimum atomic E-state index is -0.0596. The molecule has 0 atom stereocenters. The molecule has 3 fully saturated rings. The van der Waals surface area contributed by atoms with Crippen molar-refractivity contribution in [3.8, 4) is 0 Å². The predicted molar refractivity (Wildman–Crippen MR) is 169 cm³/mol. The summed E-state index contributed by atoms with van der Waals surface area (Å²) in [4.78, 5) is 24.1. The maximum absolute atomic E-state index is 14.0. The molecule has 5 rings (SSSR count). The summed E-state index contributed by atoms with van der Waals surface area (Å²) in [5.74, 6) is 2.18. The molecule has 2 aliphatic carbocycles. The van der Waals surface area contributed by atoms with E-state index in [2.05, 4.69) is 50.8 Å². The molecular formula is C34H50N6O. The van der Waals surface area contributed by atoms with Crippen LogP contribution in [0.5, 0.6) is 0 Å². The van der Waals surface area contributed by atoms with Gasteiger partial charge < -0.3 is 25.8 Å². The lowest BCUT2D eigenvalue weighted by Gasteiger charge is -2.36. The first-order valence-electron chi connectivity index (χ1n) is 16.2. The second-order valence-electron chi connectivity index (χ2n) is 12.5. The van der Waals surface area contributed by atoms with E-state index in [1.165, 1.54) is 76.1 Å². The van der Waals surface area contributed by atoms with Crippen LogP contribution < -0.4 is 15.5 Å². The smallest absolute Gasteiger partial charge is 0.255 e. The lowest BCUT2D eigenvalue weighted by atomic mass is 9.88. The van der Waals surface area contributed by atoms with Gasteiger partial charge in [-0.1, -0.05) is 75.3 Å². The van der Waals surface area contributed by atoms with E-state index in [4.69, 9.17) is 10.4 Å². The summed E-state index contributed by atoms with van der Waals surface area (Å²) >= 11 is 0. The molecule has 0 spiro atoms. The summed E-state index contributed by atoms with van der Waals surface area (Å²) in [6.07, 6.45) is 17.4. The summed E-state index contributed by atoms with van der Waals surface area (Å²) in [5, 5.41) is 14.6. The molecule has 1 aromatic carbocycles. The maximum atomic E-state index is 14.0. The fourth-order valence-electron chi connectivity index (χ4n) is 7.20. The Bertz CT molecular complexity index is 1120. The Morgan fingerprint density at radius 2 is 1.63 bits per heavy atom. The highest BCUT2D eigenvalue weighted by atomic mass is 16.1. The van der Waals surface area contributed by atoms with Crippen LogP contribution in [0.1, 0.15) is 105 Å². The predicted octanol–water partition coefficient (Wildman–Crippen LogP) is 6.62. The largest absolute Gasteiger partial charge is 0.373 e. The van der Waals surface area contributed by atoms with Crippen LogP contribution in [0, 0.1) is 11.3 Å². The lowest BCUT2D eigenvalue weighted by Crippen LogP contribution is -2.46. The molecule has 7 heteroatoms. The number of pyridine rings is 1. The Kier molecular flexibility index (Phi) is 10.7. The molecule has 41 heavy (non-hydrogen) atoms. The van der Waals surface area contributed by atoms with Gasteiger partial charge in [-0.15, -0.1) is 0 Å². The number of hydrogen-bond acceptors (Lipinski definition) is 6.